The van der Waals surface area contributed by atoms with Crippen LogP contribution in [0.3, 0.4) is 0 Å². The van der Waals surface area contributed by atoms with E-state index in [4.69, 9.17) is 0 Å². The van der Waals surface area contributed by atoms with Crippen molar-refractivity contribution in [2.45, 2.75) is 51.4 Å². The standard InChI is InChI=1S/C22H24O/c1-2-3-7-15-8-6-11-17-16(15)12-13-19-18-9-4-5-10-20(18)22(23)14-21(17)19/h4-5,9-10,12-15,23H,2-3,6-8,11H2,1H3. The third-order valence-electron chi connectivity index (χ3n) is 5.49. The highest BCUT2D eigenvalue weighted by Gasteiger charge is 2.22. The van der Waals surface area contributed by atoms with Crippen LogP contribution < -0.4 is 0 Å². The average molecular weight is 304 g/mol. The zero-order valence-electron chi connectivity index (χ0n) is 13.8. The Kier molecular flexibility index (Phi) is 3.72. The maximum absolute atomic E-state index is 10.5. The topological polar surface area (TPSA) is 20.2 Å². The highest BCUT2D eigenvalue weighted by molar-refractivity contribution is 6.11. The molecule has 1 nitrogen and oxygen atoms in total. The van der Waals surface area contributed by atoms with Gasteiger partial charge in [0.15, 0.2) is 0 Å². The number of hydrogen-bond donors (Lipinski definition) is 1. The molecule has 3 aromatic rings. The second-order valence-electron chi connectivity index (χ2n) is 6.90. The largest absolute Gasteiger partial charge is 0.507 e. The van der Waals surface area contributed by atoms with Crippen LogP contribution in [0.2, 0.25) is 0 Å². The van der Waals surface area contributed by atoms with E-state index in [0.29, 0.717) is 11.7 Å². The van der Waals surface area contributed by atoms with E-state index in [1.165, 1.54) is 59.4 Å². The summed E-state index contributed by atoms with van der Waals surface area (Å²) in [6, 6.07) is 14.8. The van der Waals surface area contributed by atoms with E-state index < -0.39 is 0 Å². The molecule has 0 heterocycles. The van der Waals surface area contributed by atoms with Crippen molar-refractivity contribution in [3.05, 3.63) is 53.6 Å². The van der Waals surface area contributed by atoms with Gasteiger partial charge in [-0.3, -0.25) is 0 Å². The summed E-state index contributed by atoms with van der Waals surface area (Å²) in [7, 11) is 0. The minimum Gasteiger partial charge on any atom is -0.507 e. The molecule has 0 bridgehead atoms. The van der Waals surface area contributed by atoms with Crippen LogP contribution in [-0.2, 0) is 6.42 Å². The summed E-state index contributed by atoms with van der Waals surface area (Å²) < 4.78 is 0. The second-order valence-corrected chi connectivity index (χ2v) is 6.90. The summed E-state index contributed by atoms with van der Waals surface area (Å²) in [6.45, 7) is 2.27. The second kappa shape index (κ2) is 5.88. The average Bonchev–Trinajstić information content (AvgIpc) is 2.60. The number of rotatable bonds is 3. The van der Waals surface area contributed by atoms with Crippen molar-refractivity contribution in [1.82, 2.24) is 0 Å². The number of phenolic OH excluding ortho intramolecular Hbond substituents is 1. The number of phenols is 1. The van der Waals surface area contributed by atoms with Crippen molar-refractivity contribution in [2.24, 2.45) is 0 Å². The van der Waals surface area contributed by atoms with E-state index in [1.807, 2.05) is 18.2 Å². The van der Waals surface area contributed by atoms with Gasteiger partial charge < -0.3 is 5.11 Å². The smallest absolute Gasteiger partial charge is 0.124 e. The van der Waals surface area contributed by atoms with Gasteiger partial charge in [-0.05, 0) is 65.0 Å². The van der Waals surface area contributed by atoms with Gasteiger partial charge in [-0.15, -0.1) is 0 Å². The Hall–Kier alpha value is -2.02. The molecule has 3 aromatic carbocycles. The van der Waals surface area contributed by atoms with Gasteiger partial charge >= 0.3 is 0 Å². The lowest BCUT2D eigenvalue weighted by Gasteiger charge is -2.27. The Morgan fingerprint density at radius 3 is 2.61 bits per heavy atom. The Morgan fingerprint density at radius 1 is 1.00 bits per heavy atom. The molecular weight excluding hydrogens is 280 g/mol. The Balaban J connectivity index is 1.95. The molecule has 0 aromatic heterocycles. The van der Waals surface area contributed by atoms with E-state index in [9.17, 15) is 5.11 Å². The van der Waals surface area contributed by atoms with E-state index in [0.717, 1.165) is 11.8 Å². The predicted octanol–water partition coefficient (Wildman–Crippen LogP) is 6.31. The quantitative estimate of drug-likeness (QED) is 0.562. The summed E-state index contributed by atoms with van der Waals surface area (Å²) >= 11 is 0. The Bertz CT molecular complexity index is 863. The van der Waals surface area contributed by atoms with Crippen LogP contribution in [0.5, 0.6) is 5.75 Å². The van der Waals surface area contributed by atoms with Crippen molar-refractivity contribution in [3.63, 3.8) is 0 Å². The Morgan fingerprint density at radius 2 is 1.78 bits per heavy atom. The molecule has 0 amide bonds. The first-order valence-corrected chi connectivity index (χ1v) is 8.95. The molecule has 1 unspecified atom stereocenters. The lowest BCUT2D eigenvalue weighted by atomic mass is 9.78. The molecule has 0 fully saturated rings. The number of aromatic hydroxyl groups is 1. The van der Waals surface area contributed by atoms with Crippen LogP contribution in [-0.4, -0.2) is 5.11 Å². The molecule has 0 radical (unpaired) electrons. The number of aryl methyl sites for hydroxylation is 1. The van der Waals surface area contributed by atoms with E-state index in [-0.39, 0.29) is 0 Å². The monoisotopic (exact) mass is 304 g/mol. The number of fused-ring (bicyclic) bond motifs is 5. The number of unbranched alkanes of at least 4 members (excludes halogenated alkanes) is 1. The minimum absolute atomic E-state index is 0.414. The van der Waals surface area contributed by atoms with Crippen LogP contribution in [0.1, 0.15) is 56.1 Å². The highest BCUT2D eigenvalue weighted by atomic mass is 16.3. The molecule has 0 aliphatic heterocycles. The van der Waals surface area contributed by atoms with Gasteiger partial charge in [-0.2, -0.15) is 0 Å². The molecule has 0 saturated carbocycles. The van der Waals surface area contributed by atoms with Gasteiger partial charge in [0.1, 0.15) is 5.75 Å². The van der Waals surface area contributed by atoms with Crippen LogP contribution in [0.15, 0.2) is 42.5 Å². The van der Waals surface area contributed by atoms with Crippen LogP contribution in [0.4, 0.5) is 0 Å². The molecule has 1 N–H and O–H groups in total. The van der Waals surface area contributed by atoms with Crippen LogP contribution >= 0.6 is 0 Å². The van der Waals surface area contributed by atoms with Gasteiger partial charge in [0, 0.05) is 5.39 Å². The third-order valence-corrected chi connectivity index (χ3v) is 5.49. The molecule has 0 saturated heterocycles. The molecular formula is C22H24O. The predicted molar refractivity (Wildman–Crippen MR) is 98.3 cm³/mol. The molecule has 1 heteroatoms. The first kappa shape index (κ1) is 14.6. The summed E-state index contributed by atoms with van der Waals surface area (Å²) in [6.07, 6.45) is 7.61. The first-order valence-electron chi connectivity index (χ1n) is 8.95. The molecule has 4 rings (SSSR count). The van der Waals surface area contributed by atoms with Gasteiger partial charge in [0.2, 0.25) is 0 Å². The summed E-state index contributed by atoms with van der Waals surface area (Å²) in [5.74, 6) is 1.12. The van der Waals surface area contributed by atoms with Crippen LogP contribution in [0.25, 0.3) is 21.5 Å². The first-order chi connectivity index (χ1) is 11.3. The van der Waals surface area contributed by atoms with E-state index in [1.54, 1.807) is 0 Å². The maximum atomic E-state index is 10.5. The van der Waals surface area contributed by atoms with Crippen molar-refractivity contribution >= 4 is 21.5 Å². The SMILES string of the molecule is CCCCC1CCCc2c1ccc1c2cc(O)c2ccccc21. The lowest BCUT2D eigenvalue weighted by molar-refractivity contribution is 0.482. The fraction of sp³-hybridized carbons (Fsp3) is 0.364. The summed E-state index contributed by atoms with van der Waals surface area (Å²) in [5.41, 5.74) is 3.02. The maximum Gasteiger partial charge on any atom is 0.124 e. The molecule has 1 atom stereocenters. The fourth-order valence-corrected chi connectivity index (χ4v) is 4.33. The normalized spacial score (nSPS) is 17.5. The van der Waals surface area contributed by atoms with Gasteiger partial charge in [-0.25, -0.2) is 0 Å². The number of benzene rings is 3. The van der Waals surface area contributed by atoms with E-state index >= 15 is 0 Å². The zero-order chi connectivity index (χ0) is 15.8. The van der Waals surface area contributed by atoms with Crippen molar-refractivity contribution in [3.8, 4) is 5.75 Å². The van der Waals surface area contributed by atoms with Gasteiger partial charge in [0.05, 0.1) is 0 Å². The molecule has 1 aliphatic carbocycles. The molecule has 118 valence electrons. The summed E-state index contributed by atoms with van der Waals surface area (Å²) in [5, 5.41) is 15.2. The molecule has 1 aliphatic rings. The number of hydrogen-bond acceptors (Lipinski definition) is 1. The van der Waals surface area contributed by atoms with Gasteiger partial charge in [0.25, 0.3) is 0 Å². The third kappa shape index (κ3) is 2.39. The van der Waals surface area contributed by atoms with Crippen molar-refractivity contribution in [2.75, 3.05) is 0 Å². The van der Waals surface area contributed by atoms with Gasteiger partial charge in [-0.1, -0.05) is 56.2 Å². The molecule has 23 heavy (non-hydrogen) atoms. The van der Waals surface area contributed by atoms with Crippen LogP contribution in [0, 0.1) is 0 Å². The summed E-state index contributed by atoms with van der Waals surface area (Å²) in [4.78, 5) is 0. The Labute approximate surface area is 138 Å². The molecule has 0 spiro atoms. The van der Waals surface area contributed by atoms with E-state index in [2.05, 4.69) is 31.2 Å². The lowest BCUT2D eigenvalue weighted by Crippen LogP contribution is -2.10. The minimum atomic E-state index is 0.414. The zero-order valence-corrected chi connectivity index (χ0v) is 13.8. The highest BCUT2D eigenvalue weighted by Crippen LogP contribution is 2.42. The fourth-order valence-electron chi connectivity index (χ4n) is 4.33. The van der Waals surface area contributed by atoms with Crippen molar-refractivity contribution < 1.29 is 5.11 Å². The van der Waals surface area contributed by atoms with Crippen molar-refractivity contribution in [1.29, 1.82) is 0 Å².